The topological polar surface area (TPSA) is 101 Å². The second-order valence-electron chi connectivity index (χ2n) is 6.99. The number of benzene rings is 1. The van der Waals surface area contributed by atoms with Gasteiger partial charge in [-0.15, -0.1) is 6.58 Å². The summed E-state index contributed by atoms with van der Waals surface area (Å²) < 4.78 is 5.76. The normalized spacial score (nSPS) is 21.6. The number of aliphatic carboxylic acids is 2. The summed E-state index contributed by atoms with van der Waals surface area (Å²) in [6.07, 6.45) is 3.53. The molecule has 1 aliphatic carbocycles. The summed E-state index contributed by atoms with van der Waals surface area (Å²) in [5, 5.41) is 18.7. The maximum atomic E-state index is 12.8. The van der Waals surface area contributed by atoms with E-state index in [9.17, 15) is 24.6 Å². The molecule has 1 saturated carbocycles. The van der Waals surface area contributed by atoms with Crippen LogP contribution in [0.3, 0.4) is 0 Å². The Balaban J connectivity index is 2.27. The molecule has 146 valence electrons. The molecule has 1 fully saturated rings. The van der Waals surface area contributed by atoms with Gasteiger partial charge in [0.15, 0.2) is 0 Å². The number of carboxylic acids is 2. The summed E-state index contributed by atoms with van der Waals surface area (Å²) in [7, 11) is 0. The Labute approximate surface area is 158 Å². The predicted molar refractivity (Wildman–Crippen MR) is 98.9 cm³/mol. The molecular formula is C21H26O6. The number of ether oxygens (including phenoxy) is 1. The van der Waals surface area contributed by atoms with Gasteiger partial charge in [-0.3, -0.25) is 14.4 Å². The van der Waals surface area contributed by atoms with E-state index in [2.05, 4.69) is 6.58 Å². The molecule has 0 heterocycles. The minimum atomic E-state index is -0.986. The van der Waals surface area contributed by atoms with E-state index in [1.165, 1.54) is 0 Å². The highest BCUT2D eigenvalue weighted by molar-refractivity contribution is 5.81. The van der Waals surface area contributed by atoms with E-state index in [1.807, 2.05) is 6.07 Å². The quantitative estimate of drug-likeness (QED) is 0.503. The summed E-state index contributed by atoms with van der Waals surface area (Å²) in [5.41, 5.74) is 0.696. The molecule has 2 unspecified atom stereocenters. The minimum absolute atomic E-state index is 0.175. The van der Waals surface area contributed by atoms with Crippen LogP contribution >= 0.6 is 0 Å². The molecule has 6 nitrogen and oxygen atoms in total. The second-order valence-corrected chi connectivity index (χ2v) is 6.99. The van der Waals surface area contributed by atoms with Crippen LogP contribution in [0.25, 0.3) is 0 Å². The number of esters is 1. The highest BCUT2D eigenvalue weighted by Gasteiger charge is 2.39. The number of rotatable bonds is 9. The van der Waals surface area contributed by atoms with Crippen LogP contribution in [0, 0.1) is 17.8 Å². The summed E-state index contributed by atoms with van der Waals surface area (Å²) >= 11 is 0. The van der Waals surface area contributed by atoms with Crippen LogP contribution < -0.4 is 0 Å². The van der Waals surface area contributed by atoms with Gasteiger partial charge in [0.05, 0.1) is 18.3 Å². The summed E-state index contributed by atoms with van der Waals surface area (Å²) in [6.45, 7) is 3.68. The number of carbonyl (C=O) groups excluding carboxylic acids is 1. The number of allylic oxidation sites excluding steroid dienone is 1. The van der Waals surface area contributed by atoms with Crippen molar-refractivity contribution in [3.63, 3.8) is 0 Å². The summed E-state index contributed by atoms with van der Waals surface area (Å²) in [4.78, 5) is 35.6. The number of carboxylic acid groups (broad SMARTS) is 2. The first-order chi connectivity index (χ1) is 12.9. The molecule has 1 aromatic rings. The Bertz CT molecular complexity index is 669. The van der Waals surface area contributed by atoms with Gasteiger partial charge in [-0.25, -0.2) is 0 Å². The van der Waals surface area contributed by atoms with Gasteiger partial charge in [0.1, 0.15) is 6.10 Å². The summed E-state index contributed by atoms with van der Waals surface area (Å²) in [5.74, 6) is -4.45. The van der Waals surface area contributed by atoms with Crippen molar-refractivity contribution >= 4 is 17.9 Å². The van der Waals surface area contributed by atoms with Crippen molar-refractivity contribution < 1.29 is 29.3 Å². The molecule has 0 radical (unpaired) electrons. The van der Waals surface area contributed by atoms with Crippen LogP contribution in [0.2, 0.25) is 0 Å². The highest BCUT2D eigenvalue weighted by atomic mass is 16.5. The van der Waals surface area contributed by atoms with Gasteiger partial charge in [-0.1, -0.05) is 49.2 Å². The third-order valence-electron chi connectivity index (χ3n) is 5.09. The molecule has 0 spiro atoms. The van der Waals surface area contributed by atoms with Crippen molar-refractivity contribution in [1.29, 1.82) is 0 Å². The van der Waals surface area contributed by atoms with E-state index < -0.39 is 41.8 Å². The Kier molecular flexibility index (Phi) is 7.58. The van der Waals surface area contributed by atoms with Crippen LogP contribution in [0.4, 0.5) is 0 Å². The van der Waals surface area contributed by atoms with Gasteiger partial charge in [-0.2, -0.15) is 0 Å². The van der Waals surface area contributed by atoms with Gasteiger partial charge in [-0.05, 0) is 24.8 Å². The van der Waals surface area contributed by atoms with Crippen LogP contribution in [-0.2, 0) is 19.1 Å². The van der Waals surface area contributed by atoms with E-state index >= 15 is 0 Å². The van der Waals surface area contributed by atoms with Crippen molar-refractivity contribution in [3.8, 4) is 0 Å². The molecule has 1 aliphatic rings. The third-order valence-corrected chi connectivity index (χ3v) is 5.09. The predicted octanol–water partition coefficient (Wildman–Crippen LogP) is 3.83. The Hall–Kier alpha value is -2.63. The van der Waals surface area contributed by atoms with Gasteiger partial charge < -0.3 is 14.9 Å². The van der Waals surface area contributed by atoms with Crippen molar-refractivity contribution in [3.05, 3.63) is 48.6 Å². The van der Waals surface area contributed by atoms with Crippen LogP contribution in [0.5, 0.6) is 0 Å². The van der Waals surface area contributed by atoms with E-state index in [1.54, 1.807) is 30.3 Å². The average molecular weight is 374 g/mol. The van der Waals surface area contributed by atoms with E-state index in [-0.39, 0.29) is 6.42 Å². The minimum Gasteiger partial charge on any atom is -0.481 e. The van der Waals surface area contributed by atoms with Crippen LogP contribution in [-0.4, -0.2) is 28.1 Å². The Morgan fingerprint density at radius 3 is 2.30 bits per heavy atom. The maximum absolute atomic E-state index is 12.8. The molecule has 4 atom stereocenters. The molecule has 27 heavy (non-hydrogen) atoms. The number of hydrogen-bond donors (Lipinski definition) is 2. The molecule has 0 aromatic heterocycles. The molecule has 2 rings (SSSR count). The zero-order chi connectivity index (χ0) is 19.8. The fourth-order valence-electron chi connectivity index (χ4n) is 3.75. The Morgan fingerprint density at radius 2 is 1.74 bits per heavy atom. The molecular weight excluding hydrogens is 348 g/mol. The number of carbonyl (C=O) groups is 3. The van der Waals surface area contributed by atoms with E-state index in [0.29, 0.717) is 24.8 Å². The van der Waals surface area contributed by atoms with Gasteiger partial charge in [0.25, 0.3) is 0 Å². The van der Waals surface area contributed by atoms with Crippen molar-refractivity contribution in [2.45, 2.75) is 44.6 Å². The fraction of sp³-hybridized carbons (Fsp3) is 0.476. The highest BCUT2D eigenvalue weighted by Crippen LogP contribution is 2.36. The second kappa shape index (κ2) is 9.90. The van der Waals surface area contributed by atoms with E-state index in [0.717, 1.165) is 12.8 Å². The molecule has 2 N–H and O–H groups in total. The lowest BCUT2D eigenvalue weighted by molar-refractivity contribution is -0.167. The first kappa shape index (κ1) is 20.7. The maximum Gasteiger partial charge on any atom is 0.310 e. The zero-order valence-electron chi connectivity index (χ0n) is 15.3. The van der Waals surface area contributed by atoms with Crippen molar-refractivity contribution in [1.82, 2.24) is 0 Å². The first-order valence-corrected chi connectivity index (χ1v) is 9.25. The van der Waals surface area contributed by atoms with Gasteiger partial charge >= 0.3 is 17.9 Å². The lowest BCUT2D eigenvalue weighted by Crippen LogP contribution is -2.35. The lowest BCUT2D eigenvalue weighted by Gasteiger charge is -2.31. The standard InChI is InChI=1S/C21H26O6/c1-2-8-15(13-18(22)23)19(14-9-4-3-5-10-14)27-21(26)17-12-7-6-11-16(17)20(24)25/h2-5,9-10,15-17,19H,1,6-8,11-13H2,(H,22,23)(H,24,25)/t15?,16-,17+,19?/m0/s1. The Morgan fingerprint density at radius 1 is 1.11 bits per heavy atom. The van der Waals surface area contributed by atoms with Crippen molar-refractivity contribution in [2.24, 2.45) is 17.8 Å². The van der Waals surface area contributed by atoms with Crippen molar-refractivity contribution in [2.75, 3.05) is 0 Å². The number of hydrogen-bond acceptors (Lipinski definition) is 4. The third kappa shape index (κ3) is 5.67. The van der Waals surface area contributed by atoms with Gasteiger partial charge in [0.2, 0.25) is 0 Å². The summed E-state index contributed by atoms with van der Waals surface area (Å²) in [6, 6.07) is 8.98. The molecule has 0 aliphatic heterocycles. The van der Waals surface area contributed by atoms with Crippen LogP contribution in [0.1, 0.15) is 50.2 Å². The molecule has 0 saturated heterocycles. The van der Waals surface area contributed by atoms with Gasteiger partial charge in [0, 0.05) is 5.92 Å². The smallest absolute Gasteiger partial charge is 0.310 e. The fourth-order valence-corrected chi connectivity index (χ4v) is 3.75. The SMILES string of the molecule is C=CCC(CC(=O)O)C(OC(=O)[C@@H]1CCCC[C@@H]1C(=O)O)c1ccccc1. The lowest BCUT2D eigenvalue weighted by atomic mass is 9.79. The monoisotopic (exact) mass is 374 g/mol. The van der Waals surface area contributed by atoms with E-state index in [4.69, 9.17) is 4.74 Å². The molecule has 1 aromatic carbocycles. The zero-order valence-corrected chi connectivity index (χ0v) is 15.3. The van der Waals surface area contributed by atoms with Crippen LogP contribution in [0.15, 0.2) is 43.0 Å². The molecule has 0 amide bonds. The first-order valence-electron chi connectivity index (χ1n) is 9.25. The molecule has 6 heteroatoms. The largest absolute Gasteiger partial charge is 0.481 e. The molecule has 0 bridgehead atoms. The average Bonchev–Trinajstić information content (AvgIpc) is 2.66.